The standard InChI is InChI=1S/C17H29N3OS/c1-4-5-13-21-16-8-6-15(7-9-16)10-11-19-17(18-2)20-12-14-22-3/h6-9H,4-5,10-14H2,1-3H3,(H2,18,19,20). The molecule has 0 radical (unpaired) electrons. The molecule has 2 N–H and O–H groups in total. The molecule has 0 amide bonds. The maximum absolute atomic E-state index is 5.67. The lowest BCUT2D eigenvalue weighted by molar-refractivity contribution is 0.309. The summed E-state index contributed by atoms with van der Waals surface area (Å²) in [6, 6.07) is 8.37. The van der Waals surface area contributed by atoms with Gasteiger partial charge >= 0.3 is 0 Å². The second-order valence-corrected chi connectivity index (χ2v) is 6.00. The van der Waals surface area contributed by atoms with Crippen molar-refractivity contribution in [1.82, 2.24) is 10.6 Å². The topological polar surface area (TPSA) is 45.6 Å². The first kappa shape index (κ1) is 18.7. The summed E-state index contributed by atoms with van der Waals surface area (Å²) in [6.07, 6.45) is 5.34. The van der Waals surface area contributed by atoms with Gasteiger partial charge in [-0.25, -0.2) is 0 Å². The van der Waals surface area contributed by atoms with Crippen LogP contribution in [0.3, 0.4) is 0 Å². The molecule has 0 atom stereocenters. The Kier molecular flexibility index (Phi) is 10.4. The zero-order valence-electron chi connectivity index (χ0n) is 14.0. The molecule has 0 aliphatic rings. The van der Waals surface area contributed by atoms with Crippen LogP contribution < -0.4 is 15.4 Å². The summed E-state index contributed by atoms with van der Waals surface area (Å²) in [5.74, 6) is 2.91. The van der Waals surface area contributed by atoms with Crippen molar-refractivity contribution < 1.29 is 4.74 Å². The molecule has 0 aromatic heterocycles. The Morgan fingerprint density at radius 3 is 2.55 bits per heavy atom. The van der Waals surface area contributed by atoms with Gasteiger partial charge in [0.2, 0.25) is 0 Å². The van der Waals surface area contributed by atoms with E-state index in [1.54, 1.807) is 7.05 Å². The van der Waals surface area contributed by atoms with Crippen LogP contribution in [0.25, 0.3) is 0 Å². The van der Waals surface area contributed by atoms with Gasteiger partial charge in [-0.05, 0) is 36.8 Å². The summed E-state index contributed by atoms with van der Waals surface area (Å²) in [5.41, 5.74) is 1.30. The molecule has 0 aliphatic carbocycles. The minimum Gasteiger partial charge on any atom is -0.494 e. The first-order valence-electron chi connectivity index (χ1n) is 7.95. The van der Waals surface area contributed by atoms with Crippen molar-refractivity contribution in [2.75, 3.05) is 38.8 Å². The molecule has 0 fully saturated rings. The smallest absolute Gasteiger partial charge is 0.191 e. The first-order valence-corrected chi connectivity index (χ1v) is 9.34. The van der Waals surface area contributed by atoms with Gasteiger partial charge in [0.05, 0.1) is 6.61 Å². The van der Waals surface area contributed by atoms with Crippen LogP contribution in [0.5, 0.6) is 5.75 Å². The Balaban J connectivity index is 2.26. The van der Waals surface area contributed by atoms with E-state index < -0.39 is 0 Å². The zero-order valence-corrected chi connectivity index (χ0v) is 14.8. The molecule has 0 spiro atoms. The van der Waals surface area contributed by atoms with Crippen LogP contribution in [0.2, 0.25) is 0 Å². The van der Waals surface area contributed by atoms with E-state index in [1.807, 2.05) is 11.8 Å². The van der Waals surface area contributed by atoms with E-state index in [9.17, 15) is 0 Å². The number of thioether (sulfide) groups is 1. The van der Waals surface area contributed by atoms with Gasteiger partial charge in [0.15, 0.2) is 5.96 Å². The summed E-state index contributed by atoms with van der Waals surface area (Å²) in [4.78, 5) is 4.21. The van der Waals surface area contributed by atoms with Gasteiger partial charge in [0, 0.05) is 25.9 Å². The van der Waals surface area contributed by atoms with Crippen molar-refractivity contribution in [2.45, 2.75) is 26.2 Å². The van der Waals surface area contributed by atoms with Gasteiger partial charge in [-0.1, -0.05) is 25.5 Å². The third-order valence-electron chi connectivity index (χ3n) is 3.22. The van der Waals surface area contributed by atoms with E-state index >= 15 is 0 Å². The SMILES string of the molecule is CCCCOc1ccc(CCNC(=NC)NCCSC)cc1. The lowest BCUT2D eigenvalue weighted by Crippen LogP contribution is -2.39. The number of hydrogen-bond acceptors (Lipinski definition) is 3. The van der Waals surface area contributed by atoms with Crippen molar-refractivity contribution in [2.24, 2.45) is 4.99 Å². The fraction of sp³-hybridized carbons (Fsp3) is 0.588. The van der Waals surface area contributed by atoms with Gasteiger partial charge in [0.1, 0.15) is 5.75 Å². The van der Waals surface area contributed by atoms with Gasteiger partial charge in [-0.3, -0.25) is 4.99 Å². The van der Waals surface area contributed by atoms with Gasteiger partial charge in [0.25, 0.3) is 0 Å². The molecule has 5 heteroatoms. The van der Waals surface area contributed by atoms with E-state index in [0.29, 0.717) is 0 Å². The molecule has 1 rings (SSSR count). The van der Waals surface area contributed by atoms with Crippen LogP contribution in [0.15, 0.2) is 29.3 Å². The minimum absolute atomic E-state index is 0.801. The highest BCUT2D eigenvalue weighted by molar-refractivity contribution is 7.98. The van der Waals surface area contributed by atoms with Gasteiger partial charge in [-0.2, -0.15) is 11.8 Å². The fourth-order valence-electron chi connectivity index (χ4n) is 1.90. The van der Waals surface area contributed by atoms with Crippen LogP contribution in [0.1, 0.15) is 25.3 Å². The van der Waals surface area contributed by atoms with Crippen molar-refractivity contribution in [3.63, 3.8) is 0 Å². The van der Waals surface area contributed by atoms with E-state index in [0.717, 1.165) is 56.4 Å². The summed E-state index contributed by atoms with van der Waals surface area (Å²) in [5, 5.41) is 6.62. The molecule has 0 saturated carbocycles. The minimum atomic E-state index is 0.801. The second kappa shape index (κ2) is 12.2. The molecule has 0 heterocycles. The molecule has 124 valence electrons. The number of guanidine groups is 1. The van der Waals surface area contributed by atoms with Gasteiger partial charge < -0.3 is 15.4 Å². The van der Waals surface area contributed by atoms with Crippen molar-refractivity contribution in [1.29, 1.82) is 0 Å². The highest BCUT2D eigenvalue weighted by Crippen LogP contribution is 2.12. The van der Waals surface area contributed by atoms with Crippen LogP contribution in [0.4, 0.5) is 0 Å². The Hall–Kier alpha value is -1.36. The first-order chi connectivity index (χ1) is 10.8. The number of hydrogen-bond donors (Lipinski definition) is 2. The quantitative estimate of drug-likeness (QED) is 0.395. The van der Waals surface area contributed by atoms with Crippen molar-refractivity contribution in [3.8, 4) is 5.75 Å². The summed E-state index contributed by atoms with van der Waals surface area (Å²) >= 11 is 1.83. The molecular weight excluding hydrogens is 294 g/mol. The Bertz CT molecular complexity index is 420. The Morgan fingerprint density at radius 1 is 1.18 bits per heavy atom. The average Bonchev–Trinajstić information content (AvgIpc) is 2.55. The number of rotatable bonds is 10. The molecule has 0 aliphatic heterocycles. The predicted octanol–water partition coefficient (Wildman–Crippen LogP) is 2.94. The number of aliphatic imine (C=N–C) groups is 1. The molecule has 0 bridgehead atoms. The number of benzene rings is 1. The zero-order chi connectivity index (χ0) is 16.0. The third-order valence-corrected chi connectivity index (χ3v) is 3.83. The van der Waals surface area contributed by atoms with E-state index in [4.69, 9.17) is 4.74 Å². The second-order valence-electron chi connectivity index (χ2n) is 5.01. The average molecular weight is 324 g/mol. The van der Waals surface area contributed by atoms with Crippen LogP contribution >= 0.6 is 11.8 Å². The Labute approximate surface area is 139 Å². The predicted molar refractivity (Wildman–Crippen MR) is 98.3 cm³/mol. The molecule has 0 saturated heterocycles. The summed E-state index contributed by atoms with van der Waals surface area (Å²) in [7, 11) is 1.80. The largest absolute Gasteiger partial charge is 0.494 e. The summed E-state index contributed by atoms with van der Waals surface area (Å²) in [6.45, 7) is 4.78. The van der Waals surface area contributed by atoms with Gasteiger partial charge in [-0.15, -0.1) is 0 Å². The van der Waals surface area contributed by atoms with Crippen LogP contribution in [0, 0.1) is 0 Å². The summed E-state index contributed by atoms with van der Waals surface area (Å²) < 4.78 is 5.67. The number of nitrogens with one attached hydrogen (secondary N) is 2. The highest BCUT2D eigenvalue weighted by atomic mass is 32.2. The number of ether oxygens (including phenoxy) is 1. The van der Waals surface area contributed by atoms with Crippen LogP contribution in [-0.2, 0) is 6.42 Å². The number of unbranched alkanes of at least 4 members (excludes halogenated alkanes) is 1. The van der Waals surface area contributed by atoms with E-state index in [-0.39, 0.29) is 0 Å². The van der Waals surface area contributed by atoms with Crippen molar-refractivity contribution in [3.05, 3.63) is 29.8 Å². The molecule has 4 nitrogen and oxygen atoms in total. The molecular formula is C17H29N3OS. The van der Waals surface area contributed by atoms with Crippen molar-refractivity contribution >= 4 is 17.7 Å². The molecule has 1 aromatic rings. The normalized spacial score (nSPS) is 11.3. The van der Waals surface area contributed by atoms with E-state index in [1.165, 1.54) is 5.56 Å². The number of nitrogens with zero attached hydrogens (tertiary/aromatic N) is 1. The monoisotopic (exact) mass is 323 g/mol. The third kappa shape index (κ3) is 8.17. The highest BCUT2D eigenvalue weighted by Gasteiger charge is 1.99. The lowest BCUT2D eigenvalue weighted by Gasteiger charge is -2.11. The fourth-order valence-corrected chi connectivity index (χ4v) is 2.21. The van der Waals surface area contributed by atoms with E-state index in [2.05, 4.69) is 53.1 Å². The lowest BCUT2D eigenvalue weighted by atomic mass is 10.1. The maximum Gasteiger partial charge on any atom is 0.191 e. The Morgan fingerprint density at radius 2 is 1.91 bits per heavy atom. The molecule has 0 unspecified atom stereocenters. The maximum atomic E-state index is 5.67. The van der Waals surface area contributed by atoms with Crippen LogP contribution in [-0.4, -0.2) is 44.7 Å². The molecule has 1 aromatic carbocycles. The molecule has 22 heavy (non-hydrogen) atoms.